The summed E-state index contributed by atoms with van der Waals surface area (Å²) >= 11 is 0. The highest BCUT2D eigenvalue weighted by Gasteiger charge is 2.37. The highest BCUT2D eigenvalue weighted by atomic mass is 16.2. The summed E-state index contributed by atoms with van der Waals surface area (Å²) in [6.45, 7) is 3.78. The molecular formula is C16H21N3O2. The standard InChI is InChI=1S/C16H21N3O2/c20-15(6-12-4-2-1-3-5-12)18-9-16(21)19-10-13-7-17-8-14(13)11-19/h1-5,13-14,17H,6-11H2,(H,18,20)/t13-,14+. The number of hydrogen-bond acceptors (Lipinski definition) is 3. The normalized spacial score (nSPS) is 23.9. The molecule has 0 saturated carbocycles. The Morgan fingerprint density at radius 1 is 1.14 bits per heavy atom. The van der Waals surface area contributed by atoms with Crippen molar-refractivity contribution in [3.8, 4) is 0 Å². The third-order valence-corrected chi connectivity index (χ3v) is 4.39. The van der Waals surface area contributed by atoms with E-state index in [-0.39, 0.29) is 18.4 Å². The Bertz CT molecular complexity index is 506. The van der Waals surface area contributed by atoms with E-state index in [0.717, 1.165) is 31.7 Å². The van der Waals surface area contributed by atoms with Crippen LogP contribution in [0.2, 0.25) is 0 Å². The third kappa shape index (κ3) is 3.42. The van der Waals surface area contributed by atoms with Crippen LogP contribution in [-0.4, -0.2) is 49.4 Å². The Morgan fingerprint density at radius 3 is 2.48 bits per heavy atom. The summed E-state index contributed by atoms with van der Waals surface area (Å²) in [7, 11) is 0. The van der Waals surface area contributed by atoms with E-state index in [1.807, 2.05) is 35.2 Å². The van der Waals surface area contributed by atoms with E-state index in [1.165, 1.54) is 0 Å². The summed E-state index contributed by atoms with van der Waals surface area (Å²) < 4.78 is 0. The maximum atomic E-state index is 12.1. The minimum absolute atomic E-state index is 0.0332. The fourth-order valence-corrected chi connectivity index (χ4v) is 3.19. The molecule has 2 aliphatic rings. The van der Waals surface area contributed by atoms with Gasteiger partial charge in [-0.05, 0) is 17.4 Å². The predicted molar refractivity (Wildman–Crippen MR) is 79.6 cm³/mol. The molecule has 2 saturated heterocycles. The number of nitrogens with one attached hydrogen (secondary N) is 2. The first-order valence-electron chi connectivity index (χ1n) is 7.51. The molecular weight excluding hydrogens is 266 g/mol. The smallest absolute Gasteiger partial charge is 0.241 e. The zero-order valence-electron chi connectivity index (χ0n) is 12.0. The number of nitrogens with zero attached hydrogens (tertiary/aromatic N) is 1. The molecule has 0 aliphatic carbocycles. The second-order valence-corrected chi connectivity index (χ2v) is 5.92. The van der Waals surface area contributed by atoms with Gasteiger partial charge >= 0.3 is 0 Å². The molecule has 21 heavy (non-hydrogen) atoms. The Hall–Kier alpha value is -1.88. The van der Waals surface area contributed by atoms with E-state index in [0.29, 0.717) is 18.3 Å². The SMILES string of the molecule is O=C(Cc1ccccc1)NCC(=O)N1C[C@H]2CNC[C@H]2C1. The first kappa shape index (κ1) is 14.1. The Morgan fingerprint density at radius 2 is 1.81 bits per heavy atom. The van der Waals surface area contributed by atoms with Crippen molar-refractivity contribution in [3.63, 3.8) is 0 Å². The Balaban J connectivity index is 1.42. The first-order valence-corrected chi connectivity index (χ1v) is 7.51. The Kier molecular flexibility index (Phi) is 4.20. The average Bonchev–Trinajstić information content (AvgIpc) is 3.07. The molecule has 5 nitrogen and oxygen atoms in total. The van der Waals surface area contributed by atoms with E-state index in [1.54, 1.807) is 0 Å². The lowest BCUT2D eigenvalue weighted by molar-refractivity contribution is -0.132. The molecule has 2 N–H and O–H groups in total. The van der Waals surface area contributed by atoms with Gasteiger partial charge in [-0.25, -0.2) is 0 Å². The Labute approximate surface area is 124 Å². The van der Waals surface area contributed by atoms with Gasteiger partial charge in [0.15, 0.2) is 0 Å². The molecule has 0 aromatic heterocycles. The van der Waals surface area contributed by atoms with Gasteiger partial charge in [-0.3, -0.25) is 9.59 Å². The summed E-state index contributed by atoms with van der Waals surface area (Å²) in [6.07, 6.45) is 0.323. The van der Waals surface area contributed by atoms with Crippen LogP contribution in [0.15, 0.2) is 30.3 Å². The minimum atomic E-state index is -0.101. The van der Waals surface area contributed by atoms with Crippen LogP contribution < -0.4 is 10.6 Å². The second-order valence-electron chi connectivity index (χ2n) is 5.92. The molecule has 0 spiro atoms. The highest BCUT2D eigenvalue weighted by molar-refractivity contribution is 5.85. The van der Waals surface area contributed by atoms with Crippen molar-refractivity contribution < 1.29 is 9.59 Å². The quantitative estimate of drug-likeness (QED) is 0.821. The summed E-state index contributed by atoms with van der Waals surface area (Å²) in [5, 5.41) is 6.08. The van der Waals surface area contributed by atoms with Crippen molar-refractivity contribution in [2.75, 3.05) is 32.7 Å². The largest absolute Gasteiger partial charge is 0.347 e. The number of carbonyl (C=O) groups is 2. The number of fused-ring (bicyclic) bond motifs is 1. The number of hydrogen-bond donors (Lipinski definition) is 2. The fraction of sp³-hybridized carbons (Fsp3) is 0.500. The van der Waals surface area contributed by atoms with Crippen molar-refractivity contribution in [2.45, 2.75) is 6.42 Å². The molecule has 2 atom stereocenters. The van der Waals surface area contributed by atoms with Gasteiger partial charge in [0.05, 0.1) is 13.0 Å². The molecule has 112 valence electrons. The highest BCUT2D eigenvalue weighted by Crippen LogP contribution is 2.25. The molecule has 2 amide bonds. The van der Waals surface area contributed by atoms with Gasteiger partial charge in [0.25, 0.3) is 0 Å². The van der Waals surface area contributed by atoms with Crippen LogP contribution >= 0.6 is 0 Å². The van der Waals surface area contributed by atoms with Crippen molar-refractivity contribution >= 4 is 11.8 Å². The average molecular weight is 287 g/mol. The zero-order valence-corrected chi connectivity index (χ0v) is 12.0. The van der Waals surface area contributed by atoms with Crippen molar-refractivity contribution in [2.24, 2.45) is 11.8 Å². The van der Waals surface area contributed by atoms with Crippen LogP contribution in [0.5, 0.6) is 0 Å². The van der Waals surface area contributed by atoms with Crippen molar-refractivity contribution in [3.05, 3.63) is 35.9 Å². The molecule has 0 unspecified atom stereocenters. The predicted octanol–water partition coefficient (Wildman–Crippen LogP) is 0.0231. The number of carbonyl (C=O) groups excluding carboxylic acids is 2. The van der Waals surface area contributed by atoms with Gasteiger partial charge in [0, 0.05) is 26.2 Å². The lowest BCUT2D eigenvalue weighted by Gasteiger charge is -2.17. The topological polar surface area (TPSA) is 61.4 Å². The monoisotopic (exact) mass is 287 g/mol. The molecule has 5 heteroatoms. The molecule has 2 heterocycles. The number of amides is 2. The first-order chi connectivity index (χ1) is 10.2. The van der Waals surface area contributed by atoms with Gasteiger partial charge < -0.3 is 15.5 Å². The molecule has 1 aromatic rings. The molecule has 0 radical (unpaired) electrons. The van der Waals surface area contributed by atoms with Gasteiger partial charge in [-0.1, -0.05) is 30.3 Å². The van der Waals surface area contributed by atoms with E-state index < -0.39 is 0 Å². The van der Waals surface area contributed by atoms with Crippen LogP contribution in [0.4, 0.5) is 0 Å². The summed E-state index contributed by atoms with van der Waals surface area (Å²) in [4.78, 5) is 25.8. The van der Waals surface area contributed by atoms with E-state index in [4.69, 9.17) is 0 Å². The maximum Gasteiger partial charge on any atom is 0.241 e. The molecule has 2 fully saturated rings. The maximum absolute atomic E-state index is 12.1. The van der Waals surface area contributed by atoms with E-state index in [9.17, 15) is 9.59 Å². The van der Waals surface area contributed by atoms with Gasteiger partial charge in [-0.15, -0.1) is 0 Å². The number of likely N-dealkylation sites (tertiary alicyclic amines) is 1. The fourth-order valence-electron chi connectivity index (χ4n) is 3.19. The van der Waals surface area contributed by atoms with Crippen molar-refractivity contribution in [1.82, 2.24) is 15.5 Å². The zero-order chi connectivity index (χ0) is 14.7. The summed E-state index contributed by atoms with van der Waals surface area (Å²) in [5.41, 5.74) is 0.962. The van der Waals surface area contributed by atoms with Crippen molar-refractivity contribution in [1.29, 1.82) is 0 Å². The molecule has 3 rings (SSSR count). The molecule has 1 aromatic carbocycles. The lowest BCUT2D eigenvalue weighted by Crippen LogP contribution is -2.40. The van der Waals surface area contributed by atoms with Gasteiger partial charge in [0.2, 0.25) is 11.8 Å². The van der Waals surface area contributed by atoms with Crippen LogP contribution in [0.1, 0.15) is 5.56 Å². The molecule has 0 bridgehead atoms. The second kappa shape index (κ2) is 6.26. The summed E-state index contributed by atoms with van der Waals surface area (Å²) in [6, 6.07) is 9.56. The summed E-state index contributed by atoms with van der Waals surface area (Å²) in [5.74, 6) is 1.12. The third-order valence-electron chi connectivity index (χ3n) is 4.39. The van der Waals surface area contributed by atoms with Crippen LogP contribution in [0.3, 0.4) is 0 Å². The number of benzene rings is 1. The van der Waals surface area contributed by atoms with Crippen LogP contribution in [-0.2, 0) is 16.0 Å². The van der Waals surface area contributed by atoms with Gasteiger partial charge in [-0.2, -0.15) is 0 Å². The van der Waals surface area contributed by atoms with E-state index in [2.05, 4.69) is 10.6 Å². The van der Waals surface area contributed by atoms with E-state index >= 15 is 0 Å². The van der Waals surface area contributed by atoms with Gasteiger partial charge in [0.1, 0.15) is 0 Å². The van der Waals surface area contributed by atoms with Crippen LogP contribution in [0.25, 0.3) is 0 Å². The lowest BCUT2D eigenvalue weighted by atomic mass is 10.0. The molecule has 2 aliphatic heterocycles. The van der Waals surface area contributed by atoms with Crippen LogP contribution in [0, 0.1) is 11.8 Å². The number of rotatable bonds is 4. The minimum Gasteiger partial charge on any atom is -0.347 e.